The largest absolute Gasteiger partial charge is 0.379 e. The SMILES string of the molecule is O=C(N[C@H]1CCSc2ccccc21)c1cc(S(=O)(=O)N2CCOCC2)c(Cl)cc1Cl. The van der Waals surface area contributed by atoms with E-state index in [2.05, 4.69) is 5.32 Å². The average Bonchev–Trinajstić information content (AvgIpc) is 2.74. The van der Waals surface area contributed by atoms with E-state index in [1.165, 1.54) is 16.4 Å². The fourth-order valence-electron chi connectivity index (χ4n) is 3.55. The van der Waals surface area contributed by atoms with Crippen molar-refractivity contribution in [2.75, 3.05) is 32.1 Å². The molecule has 6 nitrogen and oxygen atoms in total. The monoisotopic (exact) mass is 486 g/mol. The number of halogens is 2. The van der Waals surface area contributed by atoms with Gasteiger partial charge in [0.15, 0.2) is 0 Å². The first kappa shape index (κ1) is 21.9. The summed E-state index contributed by atoms with van der Waals surface area (Å²) in [5.74, 6) is 0.453. The molecular formula is C20H20Cl2N2O4S2. The molecule has 2 heterocycles. The predicted molar refractivity (Wildman–Crippen MR) is 118 cm³/mol. The standard InChI is InChI=1S/C20H20Cl2N2O4S2/c21-15-12-16(22)19(30(26,27)24-6-8-28-9-7-24)11-14(15)20(25)23-17-5-10-29-18-4-2-1-3-13(17)18/h1-4,11-12,17H,5-10H2,(H,23,25)/t17-/m0/s1. The Morgan fingerprint density at radius 3 is 2.63 bits per heavy atom. The minimum atomic E-state index is -3.87. The second-order valence-corrected chi connectivity index (χ2v) is 10.8. The van der Waals surface area contributed by atoms with Crippen molar-refractivity contribution in [2.24, 2.45) is 0 Å². The molecule has 0 spiro atoms. The maximum Gasteiger partial charge on any atom is 0.253 e. The summed E-state index contributed by atoms with van der Waals surface area (Å²) in [7, 11) is -3.87. The molecule has 0 unspecified atom stereocenters. The van der Waals surface area contributed by atoms with Gasteiger partial charge in [0.05, 0.1) is 34.9 Å². The Morgan fingerprint density at radius 1 is 1.13 bits per heavy atom. The Balaban J connectivity index is 1.63. The van der Waals surface area contributed by atoms with Crippen molar-refractivity contribution in [3.05, 3.63) is 57.6 Å². The van der Waals surface area contributed by atoms with Crippen LogP contribution in [0.5, 0.6) is 0 Å². The van der Waals surface area contributed by atoms with Crippen LogP contribution in [-0.2, 0) is 14.8 Å². The molecule has 10 heteroatoms. The summed E-state index contributed by atoms with van der Waals surface area (Å²) in [5.41, 5.74) is 1.14. The van der Waals surface area contributed by atoms with Gasteiger partial charge in [-0.1, -0.05) is 41.4 Å². The number of ether oxygens (including phenoxy) is 1. The first-order valence-electron chi connectivity index (χ1n) is 9.47. The lowest BCUT2D eigenvalue weighted by atomic mass is 10.0. The smallest absolute Gasteiger partial charge is 0.253 e. The molecule has 0 aliphatic carbocycles. The second-order valence-electron chi connectivity index (χ2n) is 6.98. The number of nitrogens with zero attached hydrogens (tertiary/aromatic N) is 1. The summed E-state index contributed by atoms with van der Waals surface area (Å²) in [4.78, 5) is 14.0. The Kier molecular flexibility index (Phi) is 6.62. The predicted octanol–water partition coefficient (Wildman–Crippen LogP) is 3.98. The molecule has 160 valence electrons. The number of morpholine rings is 1. The minimum absolute atomic E-state index is 0.0116. The topological polar surface area (TPSA) is 75.7 Å². The molecule has 1 saturated heterocycles. The number of hydrogen-bond acceptors (Lipinski definition) is 5. The van der Waals surface area contributed by atoms with Crippen LogP contribution in [0.15, 0.2) is 46.2 Å². The van der Waals surface area contributed by atoms with E-state index in [4.69, 9.17) is 27.9 Å². The normalized spacial score (nSPS) is 19.9. The lowest BCUT2D eigenvalue weighted by Crippen LogP contribution is -2.40. The summed E-state index contributed by atoms with van der Waals surface area (Å²) in [6.07, 6.45) is 0.775. The number of carbonyl (C=O) groups is 1. The van der Waals surface area contributed by atoms with E-state index in [9.17, 15) is 13.2 Å². The van der Waals surface area contributed by atoms with E-state index in [0.717, 1.165) is 22.6 Å². The number of fused-ring (bicyclic) bond motifs is 1. The van der Waals surface area contributed by atoms with Crippen molar-refractivity contribution in [3.63, 3.8) is 0 Å². The molecule has 1 atom stereocenters. The lowest BCUT2D eigenvalue weighted by Gasteiger charge is -2.27. The van der Waals surface area contributed by atoms with E-state index in [-0.39, 0.29) is 39.6 Å². The zero-order valence-corrected chi connectivity index (χ0v) is 19.1. The number of hydrogen-bond donors (Lipinski definition) is 1. The third-order valence-electron chi connectivity index (χ3n) is 5.12. The van der Waals surface area contributed by atoms with Gasteiger partial charge in [0.1, 0.15) is 4.90 Å². The van der Waals surface area contributed by atoms with Crippen molar-refractivity contribution < 1.29 is 17.9 Å². The van der Waals surface area contributed by atoms with Crippen molar-refractivity contribution in [1.29, 1.82) is 0 Å². The second kappa shape index (κ2) is 9.06. The minimum Gasteiger partial charge on any atom is -0.379 e. The Bertz CT molecular complexity index is 1070. The maximum atomic E-state index is 13.1. The van der Waals surface area contributed by atoms with Crippen molar-refractivity contribution >= 4 is 50.9 Å². The first-order chi connectivity index (χ1) is 14.4. The van der Waals surface area contributed by atoms with Crippen LogP contribution in [0.1, 0.15) is 28.4 Å². The van der Waals surface area contributed by atoms with Gasteiger partial charge in [-0.2, -0.15) is 4.31 Å². The van der Waals surface area contributed by atoms with E-state index >= 15 is 0 Å². The molecule has 0 saturated carbocycles. The molecule has 2 aromatic carbocycles. The average molecular weight is 487 g/mol. The van der Waals surface area contributed by atoms with Crippen molar-refractivity contribution in [2.45, 2.75) is 22.3 Å². The van der Waals surface area contributed by atoms with Gasteiger partial charge in [-0.05, 0) is 30.2 Å². The van der Waals surface area contributed by atoms with Gasteiger partial charge < -0.3 is 10.1 Å². The molecule has 0 bridgehead atoms. The van der Waals surface area contributed by atoms with E-state index in [1.54, 1.807) is 11.8 Å². The third kappa shape index (κ3) is 4.35. The fraction of sp³-hybridized carbons (Fsp3) is 0.350. The highest BCUT2D eigenvalue weighted by Gasteiger charge is 2.31. The van der Waals surface area contributed by atoms with E-state index < -0.39 is 15.9 Å². The summed E-state index contributed by atoms with van der Waals surface area (Å²) in [6.45, 7) is 1.10. The van der Waals surface area contributed by atoms with Gasteiger partial charge in [0.2, 0.25) is 10.0 Å². The van der Waals surface area contributed by atoms with Gasteiger partial charge in [-0.15, -0.1) is 11.8 Å². The number of thioether (sulfide) groups is 1. The number of sulfonamides is 1. The molecule has 2 aliphatic heterocycles. The number of nitrogens with one attached hydrogen (secondary N) is 1. The number of rotatable bonds is 4. The Hall–Kier alpha value is -1.29. The van der Waals surface area contributed by atoms with Crippen LogP contribution in [0.25, 0.3) is 0 Å². The van der Waals surface area contributed by atoms with Crippen LogP contribution in [0.4, 0.5) is 0 Å². The molecule has 1 fully saturated rings. The molecule has 0 radical (unpaired) electrons. The summed E-state index contributed by atoms with van der Waals surface area (Å²) < 4.78 is 32.6. The number of benzene rings is 2. The number of carbonyl (C=O) groups excluding carboxylic acids is 1. The van der Waals surface area contributed by atoms with Gasteiger partial charge >= 0.3 is 0 Å². The number of amides is 1. The highest BCUT2D eigenvalue weighted by atomic mass is 35.5. The molecular weight excluding hydrogens is 467 g/mol. The third-order valence-corrected chi connectivity index (χ3v) is 8.92. The molecule has 0 aromatic heterocycles. The quantitative estimate of drug-likeness (QED) is 0.706. The van der Waals surface area contributed by atoms with Crippen LogP contribution in [0, 0.1) is 0 Å². The van der Waals surface area contributed by atoms with Crippen LogP contribution in [0.2, 0.25) is 10.0 Å². The van der Waals surface area contributed by atoms with E-state index in [0.29, 0.717) is 13.2 Å². The molecule has 30 heavy (non-hydrogen) atoms. The Morgan fingerprint density at radius 2 is 1.87 bits per heavy atom. The van der Waals surface area contributed by atoms with Gasteiger partial charge in [0, 0.05) is 23.7 Å². The van der Waals surface area contributed by atoms with Crippen LogP contribution >= 0.6 is 35.0 Å². The zero-order valence-electron chi connectivity index (χ0n) is 15.9. The van der Waals surface area contributed by atoms with Gasteiger partial charge in [-0.25, -0.2) is 8.42 Å². The molecule has 4 rings (SSSR count). The van der Waals surface area contributed by atoms with Crippen molar-refractivity contribution in [3.8, 4) is 0 Å². The zero-order chi connectivity index (χ0) is 21.3. The summed E-state index contributed by atoms with van der Waals surface area (Å²) in [6, 6.07) is 10.3. The fourth-order valence-corrected chi connectivity index (χ4v) is 6.92. The highest BCUT2D eigenvalue weighted by molar-refractivity contribution is 7.99. The Labute approximate surface area is 189 Å². The first-order valence-corrected chi connectivity index (χ1v) is 12.7. The molecule has 2 aromatic rings. The lowest BCUT2D eigenvalue weighted by molar-refractivity contribution is 0.0730. The molecule has 1 N–H and O–H groups in total. The molecule has 1 amide bonds. The summed E-state index contributed by atoms with van der Waals surface area (Å²) >= 11 is 14.2. The van der Waals surface area contributed by atoms with Crippen LogP contribution in [-0.4, -0.2) is 50.7 Å². The van der Waals surface area contributed by atoms with Crippen LogP contribution in [0.3, 0.4) is 0 Å². The van der Waals surface area contributed by atoms with Gasteiger partial charge in [0.25, 0.3) is 5.91 Å². The molecule has 2 aliphatic rings. The highest BCUT2D eigenvalue weighted by Crippen LogP contribution is 2.37. The maximum absolute atomic E-state index is 13.1. The van der Waals surface area contributed by atoms with Crippen molar-refractivity contribution in [1.82, 2.24) is 9.62 Å². The van der Waals surface area contributed by atoms with Gasteiger partial charge in [-0.3, -0.25) is 4.79 Å². The van der Waals surface area contributed by atoms with E-state index in [1.807, 2.05) is 24.3 Å². The van der Waals surface area contributed by atoms with Crippen LogP contribution < -0.4 is 5.32 Å². The summed E-state index contributed by atoms with van der Waals surface area (Å²) in [5, 5.41) is 3.10.